The summed E-state index contributed by atoms with van der Waals surface area (Å²) in [7, 11) is -2.00. The number of para-hydroxylation sites is 1. The third-order valence-electron chi connectivity index (χ3n) is 4.18. The lowest BCUT2D eigenvalue weighted by molar-refractivity contribution is -0.384. The fourth-order valence-corrected chi connectivity index (χ4v) is 2.76. The van der Waals surface area contributed by atoms with Gasteiger partial charge in [0.05, 0.1) is 16.4 Å². The van der Waals surface area contributed by atoms with Gasteiger partial charge in [0.25, 0.3) is 5.69 Å². The van der Waals surface area contributed by atoms with E-state index in [9.17, 15) is 29.8 Å². The van der Waals surface area contributed by atoms with Crippen molar-refractivity contribution in [3.63, 3.8) is 0 Å². The molecule has 0 amide bonds. The van der Waals surface area contributed by atoms with Crippen molar-refractivity contribution in [2.75, 3.05) is 0 Å². The zero-order valence-corrected chi connectivity index (χ0v) is 14.1. The van der Waals surface area contributed by atoms with Crippen LogP contribution in [0.5, 0.6) is 5.75 Å². The van der Waals surface area contributed by atoms with Crippen molar-refractivity contribution in [2.24, 2.45) is 5.92 Å². The second-order valence-electron chi connectivity index (χ2n) is 6.02. The maximum atomic E-state index is 12.6. The van der Waals surface area contributed by atoms with Crippen molar-refractivity contribution < 1.29 is 34.0 Å². The number of nitro groups is 1. The van der Waals surface area contributed by atoms with Crippen LogP contribution in [-0.2, 0) is 9.53 Å². The van der Waals surface area contributed by atoms with E-state index in [1.54, 1.807) is 24.3 Å². The summed E-state index contributed by atoms with van der Waals surface area (Å²) < 4.78 is 10.6. The lowest BCUT2D eigenvalue weighted by Gasteiger charge is -2.29. The predicted octanol–water partition coefficient (Wildman–Crippen LogP) is 0.728. The molecule has 138 valence electrons. The van der Waals surface area contributed by atoms with Crippen molar-refractivity contribution in [3.8, 4) is 5.75 Å². The summed E-state index contributed by atoms with van der Waals surface area (Å²) in [6.45, 7) is 1.53. The van der Waals surface area contributed by atoms with Gasteiger partial charge in [-0.3, -0.25) is 14.9 Å². The Bertz CT molecular complexity index is 929. The zero-order valence-electron chi connectivity index (χ0n) is 14.1. The second kappa shape index (κ2) is 7.18. The van der Waals surface area contributed by atoms with E-state index in [1.165, 1.54) is 6.92 Å². The number of carbonyl (C=O) groups is 2. The van der Waals surface area contributed by atoms with Gasteiger partial charge in [-0.2, -0.15) is 0 Å². The van der Waals surface area contributed by atoms with Gasteiger partial charge in [0.1, 0.15) is 11.9 Å². The van der Waals surface area contributed by atoms with Crippen LogP contribution in [0.15, 0.2) is 42.5 Å². The largest absolute Gasteiger partial charge is 0.488 e. The van der Waals surface area contributed by atoms with E-state index in [2.05, 4.69) is 0 Å². The van der Waals surface area contributed by atoms with Gasteiger partial charge in [-0.1, -0.05) is 18.2 Å². The molecule has 0 aliphatic carbocycles. The Labute approximate surface area is 153 Å². The Morgan fingerprint density at radius 1 is 1.26 bits per heavy atom. The molecule has 0 fully saturated rings. The highest BCUT2D eigenvalue weighted by Crippen LogP contribution is 2.38. The van der Waals surface area contributed by atoms with Gasteiger partial charge < -0.3 is 19.5 Å². The van der Waals surface area contributed by atoms with Crippen LogP contribution in [0.4, 0.5) is 5.69 Å². The van der Waals surface area contributed by atoms with Crippen LogP contribution in [0.25, 0.3) is 0 Å². The summed E-state index contributed by atoms with van der Waals surface area (Å²) >= 11 is 0. The number of esters is 2. The minimum absolute atomic E-state index is 0.229. The standard InChI is InChI=1S/C17H14BNO8/c1-9-15(13-4-2-3-5-14(13)26-16(9)20)27-17(21)10-6-11(18(22)23)8-12(7-10)19(24)25/h2-9,15,22-23H,1H3. The Kier molecular flexibility index (Phi) is 4.93. The summed E-state index contributed by atoms with van der Waals surface area (Å²) in [4.78, 5) is 34.8. The number of nitrogens with zero attached hydrogens (tertiary/aromatic N) is 1. The van der Waals surface area contributed by atoms with Gasteiger partial charge in [-0.25, -0.2) is 4.79 Å². The molecule has 0 radical (unpaired) electrons. The van der Waals surface area contributed by atoms with Crippen LogP contribution in [-0.4, -0.2) is 34.0 Å². The number of hydrogen-bond acceptors (Lipinski definition) is 8. The molecule has 27 heavy (non-hydrogen) atoms. The minimum atomic E-state index is -2.00. The quantitative estimate of drug-likeness (QED) is 0.264. The molecule has 0 saturated heterocycles. The molecule has 0 spiro atoms. The van der Waals surface area contributed by atoms with Crippen LogP contribution in [0.1, 0.15) is 28.9 Å². The van der Waals surface area contributed by atoms with Crippen LogP contribution >= 0.6 is 0 Å². The molecule has 1 heterocycles. The monoisotopic (exact) mass is 371 g/mol. The molecule has 2 aromatic rings. The Morgan fingerprint density at radius 3 is 2.63 bits per heavy atom. The van der Waals surface area contributed by atoms with Gasteiger partial charge in [0.15, 0.2) is 0 Å². The topological polar surface area (TPSA) is 136 Å². The van der Waals surface area contributed by atoms with E-state index in [1.807, 2.05) is 0 Å². The summed E-state index contributed by atoms with van der Waals surface area (Å²) in [5.41, 5.74) is -0.474. The first-order valence-electron chi connectivity index (χ1n) is 7.95. The number of benzene rings is 2. The molecule has 0 bridgehead atoms. The van der Waals surface area contributed by atoms with E-state index in [4.69, 9.17) is 9.47 Å². The van der Waals surface area contributed by atoms with Crippen LogP contribution in [0.3, 0.4) is 0 Å². The van der Waals surface area contributed by atoms with Crippen molar-refractivity contribution in [3.05, 3.63) is 63.7 Å². The molecule has 2 atom stereocenters. The number of rotatable bonds is 4. The van der Waals surface area contributed by atoms with Crippen molar-refractivity contribution in [1.82, 2.24) is 0 Å². The van der Waals surface area contributed by atoms with Crippen LogP contribution < -0.4 is 10.2 Å². The van der Waals surface area contributed by atoms with E-state index >= 15 is 0 Å². The maximum absolute atomic E-state index is 12.6. The molecule has 1 aliphatic rings. The predicted molar refractivity (Wildman–Crippen MR) is 92.3 cm³/mol. The summed E-state index contributed by atoms with van der Waals surface area (Å²) in [6, 6.07) is 9.55. The van der Waals surface area contributed by atoms with Crippen LogP contribution in [0, 0.1) is 16.0 Å². The first-order valence-corrected chi connectivity index (χ1v) is 7.95. The van der Waals surface area contributed by atoms with Crippen molar-refractivity contribution >= 4 is 30.2 Å². The van der Waals surface area contributed by atoms with Gasteiger partial charge >= 0.3 is 19.1 Å². The summed E-state index contributed by atoms with van der Waals surface area (Å²) in [5.74, 6) is -2.03. The molecular weight excluding hydrogens is 357 g/mol. The smallest absolute Gasteiger partial charge is 0.453 e. The third kappa shape index (κ3) is 3.66. The number of hydrogen-bond donors (Lipinski definition) is 2. The first kappa shape index (κ1) is 18.6. The highest BCUT2D eigenvalue weighted by molar-refractivity contribution is 6.58. The average Bonchev–Trinajstić information content (AvgIpc) is 2.64. The molecule has 2 N–H and O–H groups in total. The highest BCUT2D eigenvalue weighted by atomic mass is 16.6. The fourth-order valence-electron chi connectivity index (χ4n) is 2.76. The SMILES string of the molecule is CC1C(=O)Oc2ccccc2C1OC(=O)c1cc(B(O)O)cc([N+](=O)[O-])c1. The number of carbonyl (C=O) groups excluding carboxylic acids is 2. The second-order valence-corrected chi connectivity index (χ2v) is 6.02. The van der Waals surface area contributed by atoms with E-state index < -0.39 is 41.7 Å². The van der Waals surface area contributed by atoms with Crippen molar-refractivity contribution in [2.45, 2.75) is 13.0 Å². The molecule has 0 saturated carbocycles. The fraction of sp³-hybridized carbons (Fsp3) is 0.176. The highest BCUT2D eigenvalue weighted by Gasteiger charge is 2.37. The van der Waals surface area contributed by atoms with E-state index in [0.717, 1.165) is 18.2 Å². The molecule has 2 unspecified atom stereocenters. The average molecular weight is 371 g/mol. The van der Waals surface area contributed by atoms with Gasteiger partial charge in [0, 0.05) is 17.7 Å². The molecule has 1 aliphatic heterocycles. The molecule has 3 rings (SSSR count). The normalized spacial score (nSPS) is 18.3. The number of non-ortho nitro benzene ring substituents is 1. The summed E-state index contributed by atoms with van der Waals surface area (Å²) in [6.07, 6.45) is -0.947. The molecule has 0 aromatic heterocycles. The van der Waals surface area contributed by atoms with Crippen LogP contribution in [0.2, 0.25) is 0 Å². The van der Waals surface area contributed by atoms with E-state index in [0.29, 0.717) is 5.56 Å². The van der Waals surface area contributed by atoms with E-state index in [-0.39, 0.29) is 16.8 Å². The number of ether oxygens (including phenoxy) is 2. The Morgan fingerprint density at radius 2 is 1.96 bits per heavy atom. The third-order valence-corrected chi connectivity index (χ3v) is 4.18. The lowest BCUT2D eigenvalue weighted by atomic mass is 9.79. The number of nitro benzene ring substituents is 1. The van der Waals surface area contributed by atoms with Crippen molar-refractivity contribution in [1.29, 1.82) is 0 Å². The summed E-state index contributed by atoms with van der Waals surface area (Å²) in [5, 5.41) is 29.6. The molecule has 2 aromatic carbocycles. The Balaban J connectivity index is 1.96. The molecule has 9 nitrogen and oxygen atoms in total. The zero-order chi connectivity index (χ0) is 19.7. The minimum Gasteiger partial charge on any atom is -0.453 e. The molecule has 10 heteroatoms. The first-order chi connectivity index (χ1) is 12.8. The van der Waals surface area contributed by atoms with Gasteiger partial charge in [-0.15, -0.1) is 0 Å². The maximum Gasteiger partial charge on any atom is 0.488 e. The lowest BCUT2D eigenvalue weighted by Crippen LogP contribution is -2.33. The Hall–Kier alpha value is -3.24. The van der Waals surface area contributed by atoms with Gasteiger partial charge in [0.2, 0.25) is 0 Å². The molecular formula is C17H14BNO8. The van der Waals surface area contributed by atoms with Gasteiger partial charge in [-0.05, 0) is 24.5 Å². The number of fused-ring (bicyclic) bond motifs is 1.